The lowest BCUT2D eigenvalue weighted by Gasteiger charge is -2.04. The van der Waals surface area contributed by atoms with Crippen LogP contribution in [-0.2, 0) is 10.0 Å². The average molecular weight is 336 g/mol. The molecule has 0 saturated carbocycles. The molecule has 114 valence electrons. The maximum Gasteiger partial charge on any atom is 0.229 e. The van der Waals surface area contributed by atoms with Gasteiger partial charge in [0.2, 0.25) is 10.0 Å². The highest BCUT2D eigenvalue weighted by Gasteiger charge is 2.05. The zero-order valence-electron chi connectivity index (χ0n) is 11.8. The van der Waals surface area contributed by atoms with Crippen LogP contribution < -0.4 is 4.72 Å². The number of sulfonamides is 1. The minimum absolute atomic E-state index is 0.189. The number of benzene rings is 2. The van der Waals surface area contributed by atoms with Crippen LogP contribution in [-0.4, -0.2) is 20.5 Å². The topological polar surface area (TPSA) is 63.2 Å². The fourth-order valence-corrected chi connectivity index (χ4v) is 2.55. The van der Waals surface area contributed by atoms with Crippen LogP contribution >= 0.6 is 11.6 Å². The van der Waals surface area contributed by atoms with Crippen molar-refractivity contribution in [1.82, 2.24) is 0 Å². The fourth-order valence-electron chi connectivity index (χ4n) is 1.79. The lowest BCUT2D eigenvalue weighted by molar-refractivity contribution is 0.104. The Hall–Kier alpha value is -2.11. The van der Waals surface area contributed by atoms with E-state index in [1.165, 1.54) is 18.2 Å². The molecule has 0 heterocycles. The molecule has 1 N–H and O–H groups in total. The van der Waals surface area contributed by atoms with E-state index in [9.17, 15) is 13.2 Å². The van der Waals surface area contributed by atoms with E-state index in [1.807, 2.05) is 18.2 Å². The van der Waals surface area contributed by atoms with Crippen molar-refractivity contribution < 1.29 is 13.2 Å². The van der Waals surface area contributed by atoms with Crippen LogP contribution in [0.15, 0.2) is 54.6 Å². The second-order valence-electron chi connectivity index (χ2n) is 4.67. The number of hydrogen-bond donors (Lipinski definition) is 1. The summed E-state index contributed by atoms with van der Waals surface area (Å²) in [7, 11) is -3.32. The zero-order valence-corrected chi connectivity index (χ0v) is 13.4. The van der Waals surface area contributed by atoms with Gasteiger partial charge in [-0.25, -0.2) is 8.42 Å². The third-order valence-corrected chi connectivity index (χ3v) is 3.74. The molecular formula is C16H14ClNO3S. The molecule has 0 fully saturated rings. The standard InChI is InChI=1S/C16H14ClNO3S/c1-22(20,21)18-14-9-6-13(7-10-14)16(19)11-8-12-4-2-3-5-15(12)17/h2-11,18H,1H3. The summed E-state index contributed by atoms with van der Waals surface area (Å²) in [4.78, 5) is 12.1. The summed E-state index contributed by atoms with van der Waals surface area (Å²) in [6.45, 7) is 0. The van der Waals surface area contributed by atoms with E-state index >= 15 is 0 Å². The normalized spacial score (nSPS) is 11.5. The van der Waals surface area contributed by atoms with Gasteiger partial charge in [-0.05, 0) is 48.0 Å². The van der Waals surface area contributed by atoms with Gasteiger partial charge in [-0.1, -0.05) is 29.8 Å². The Morgan fingerprint density at radius 2 is 1.73 bits per heavy atom. The molecule has 0 aliphatic heterocycles. The lowest BCUT2D eigenvalue weighted by atomic mass is 10.1. The van der Waals surface area contributed by atoms with Gasteiger partial charge in [0.1, 0.15) is 0 Å². The molecule has 2 aromatic rings. The van der Waals surface area contributed by atoms with Gasteiger partial charge in [0, 0.05) is 16.3 Å². The van der Waals surface area contributed by atoms with Crippen LogP contribution in [0.1, 0.15) is 15.9 Å². The minimum Gasteiger partial charge on any atom is -0.289 e. The van der Waals surface area contributed by atoms with Gasteiger partial charge >= 0.3 is 0 Å². The molecule has 0 aliphatic rings. The van der Waals surface area contributed by atoms with Crippen molar-refractivity contribution in [3.05, 3.63) is 70.8 Å². The first-order valence-corrected chi connectivity index (χ1v) is 8.67. The first kappa shape index (κ1) is 16.3. The molecule has 0 spiro atoms. The second kappa shape index (κ2) is 6.77. The number of allylic oxidation sites excluding steroid dienone is 1. The highest BCUT2D eigenvalue weighted by Crippen LogP contribution is 2.17. The summed E-state index contributed by atoms with van der Waals surface area (Å²) < 4.78 is 24.6. The minimum atomic E-state index is -3.32. The summed E-state index contributed by atoms with van der Waals surface area (Å²) >= 11 is 6.01. The van der Waals surface area contributed by atoms with Crippen molar-refractivity contribution >= 4 is 39.2 Å². The first-order valence-electron chi connectivity index (χ1n) is 6.40. The number of hydrogen-bond acceptors (Lipinski definition) is 3. The summed E-state index contributed by atoms with van der Waals surface area (Å²) in [6.07, 6.45) is 4.14. The van der Waals surface area contributed by atoms with Crippen molar-refractivity contribution in [2.75, 3.05) is 11.0 Å². The number of halogens is 1. The molecule has 0 amide bonds. The number of carbonyl (C=O) groups excluding carboxylic acids is 1. The van der Waals surface area contributed by atoms with Crippen LogP contribution in [0.25, 0.3) is 6.08 Å². The van der Waals surface area contributed by atoms with E-state index in [4.69, 9.17) is 11.6 Å². The van der Waals surface area contributed by atoms with E-state index in [-0.39, 0.29) is 5.78 Å². The van der Waals surface area contributed by atoms with Gasteiger partial charge in [-0.2, -0.15) is 0 Å². The van der Waals surface area contributed by atoms with Gasteiger partial charge in [-0.15, -0.1) is 0 Å². The molecule has 2 aromatic carbocycles. The molecule has 0 aliphatic carbocycles. The molecule has 6 heteroatoms. The summed E-state index contributed by atoms with van der Waals surface area (Å²) in [5, 5.41) is 0.569. The van der Waals surface area contributed by atoms with Crippen LogP contribution in [0.5, 0.6) is 0 Å². The van der Waals surface area contributed by atoms with Crippen molar-refractivity contribution in [1.29, 1.82) is 0 Å². The van der Waals surface area contributed by atoms with Gasteiger partial charge in [-0.3, -0.25) is 9.52 Å². The maximum atomic E-state index is 12.1. The summed E-state index contributed by atoms with van der Waals surface area (Å²) in [6, 6.07) is 13.4. The molecule has 2 rings (SSSR count). The molecule has 0 aromatic heterocycles. The molecular weight excluding hydrogens is 322 g/mol. The van der Waals surface area contributed by atoms with Crippen molar-refractivity contribution in [2.24, 2.45) is 0 Å². The predicted octanol–water partition coefficient (Wildman–Crippen LogP) is 3.61. The Balaban J connectivity index is 2.12. The monoisotopic (exact) mass is 335 g/mol. The number of rotatable bonds is 5. The van der Waals surface area contributed by atoms with Crippen LogP contribution in [0, 0.1) is 0 Å². The lowest BCUT2D eigenvalue weighted by Crippen LogP contribution is -2.09. The van der Waals surface area contributed by atoms with Gasteiger partial charge in [0.05, 0.1) is 6.26 Å². The summed E-state index contributed by atoms with van der Waals surface area (Å²) in [5.74, 6) is -0.189. The highest BCUT2D eigenvalue weighted by atomic mass is 35.5. The van der Waals surface area contributed by atoms with Gasteiger partial charge in [0.15, 0.2) is 5.78 Å². The van der Waals surface area contributed by atoms with Crippen LogP contribution in [0.3, 0.4) is 0 Å². The Morgan fingerprint density at radius 1 is 1.09 bits per heavy atom. The van der Waals surface area contributed by atoms with Crippen molar-refractivity contribution in [2.45, 2.75) is 0 Å². The van der Waals surface area contributed by atoms with Gasteiger partial charge in [0.25, 0.3) is 0 Å². The van der Waals surface area contributed by atoms with E-state index in [0.717, 1.165) is 11.8 Å². The zero-order chi connectivity index (χ0) is 16.2. The quantitative estimate of drug-likeness (QED) is 0.670. The average Bonchev–Trinajstić information content (AvgIpc) is 2.45. The molecule has 0 bridgehead atoms. The molecule has 0 radical (unpaired) electrons. The Bertz CT molecular complexity index is 812. The van der Waals surface area contributed by atoms with E-state index in [2.05, 4.69) is 4.72 Å². The van der Waals surface area contributed by atoms with E-state index in [0.29, 0.717) is 16.3 Å². The third-order valence-electron chi connectivity index (χ3n) is 2.79. The SMILES string of the molecule is CS(=O)(=O)Nc1ccc(C(=O)C=Cc2ccccc2Cl)cc1. The maximum absolute atomic E-state index is 12.1. The molecule has 4 nitrogen and oxygen atoms in total. The summed E-state index contributed by atoms with van der Waals surface area (Å²) in [5.41, 5.74) is 1.63. The number of carbonyl (C=O) groups is 1. The third kappa shape index (κ3) is 4.72. The fraction of sp³-hybridized carbons (Fsp3) is 0.0625. The predicted molar refractivity (Wildman–Crippen MR) is 89.7 cm³/mol. The van der Waals surface area contributed by atoms with Crippen LogP contribution in [0.2, 0.25) is 5.02 Å². The van der Waals surface area contributed by atoms with E-state index < -0.39 is 10.0 Å². The van der Waals surface area contributed by atoms with Crippen LogP contribution in [0.4, 0.5) is 5.69 Å². The number of anilines is 1. The van der Waals surface area contributed by atoms with Gasteiger partial charge < -0.3 is 0 Å². The number of nitrogens with one attached hydrogen (secondary N) is 1. The smallest absolute Gasteiger partial charge is 0.229 e. The Morgan fingerprint density at radius 3 is 2.32 bits per heavy atom. The molecule has 0 unspecified atom stereocenters. The molecule has 0 atom stereocenters. The van der Waals surface area contributed by atoms with Crippen molar-refractivity contribution in [3.8, 4) is 0 Å². The second-order valence-corrected chi connectivity index (χ2v) is 6.83. The highest BCUT2D eigenvalue weighted by molar-refractivity contribution is 7.92. The number of ketones is 1. The molecule has 22 heavy (non-hydrogen) atoms. The Kier molecular flexibility index (Phi) is 5.00. The Labute approximate surface area is 134 Å². The molecule has 0 saturated heterocycles. The van der Waals surface area contributed by atoms with Crippen molar-refractivity contribution in [3.63, 3.8) is 0 Å². The van der Waals surface area contributed by atoms with E-state index in [1.54, 1.807) is 24.3 Å². The largest absolute Gasteiger partial charge is 0.289 e. The first-order chi connectivity index (χ1) is 10.3.